The molecule has 1 amide bonds. The quantitative estimate of drug-likeness (QED) is 0.844. The zero-order valence-electron chi connectivity index (χ0n) is 8.09. The highest BCUT2D eigenvalue weighted by atomic mass is 19.4. The molecule has 17 heavy (non-hydrogen) atoms. The number of carbonyl (C=O) groups excluding carboxylic acids is 1. The summed E-state index contributed by atoms with van der Waals surface area (Å²) in [6.45, 7) is 0. The van der Waals surface area contributed by atoms with E-state index in [1.165, 1.54) is 0 Å². The predicted octanol–water partition coefficient (Wildman–Crippen LogP) is 2.62. The van der Waals surface area contributed by atoms with Gasteiger partial charge in [0.25, 0.3) is 6.43 Å². The second-order valence-electron chi connectivity index (χ2n) is 2.96. The van der Waals surface area contributed by atoms with Gasteiger partial charge in [0.1, 0.15) is 5.75 Å². The summed E-state index contributed by atoms with van der Waals surface area (Å²) in [5.74, 6) is -1.99. The topological polar surface area (TPSA) is 52.3 Å². The Kier molecular flexibility index (Phi) is 3.54. The van der Waals surface area contributed by atoms with Gasteiger partial charge in [-0.15, -0.1) is 13.2 Å². The fraction of sp³-hybridized carbons (Fsp3) is 0.222. The third kappa shape index (κ3) is 3.58. The average Bonchev–Trinajstić information content (AvgIpc) is 2.14. The van der Waals surface area contributed by atoms with Gasteiger partial charge in [-0.1, -0.05) is 0 Å². The van der Waals surface area contributed by atoms with Gasteiger partial charge >= 0.3 is 6.36 Å². The number of alkyl halides is 5. The Morgan fingerprint density at radius 2 is 1.88 bits per heavy atom. The maximum Gasteiger partial charge on any atom is 0.573 e. The highest BCUT2D eigenvalue weighted by molar-refractivity contribution is 5.94. The molecule has 0 saturated carbocycles. The van der Waals surface area contributed by atoms with Crippen LogP contribution < -0.4 is 10.5 Å². The molecule has 94 valence electrons. The van der Waals surface area contributed by atoms with Gasteiger partial charge < -0.3 is 10.5 Å². The molecule has 2 N–H and O–H groups in total. The summed E-state index contributed by atoms with van der Waals surface area (Å²) in [7, 11) is 0. The van der Waals surface area contributed by atoms with Crippen molar-refractivity contribution in [2.24, 2.45) is 5.73 Å². The van der Waals surface area contributed by atoms with E-state index in [4.69, 9.17) is 5.73 Å². The van der Waals surface area contributed by atoms with Crippen LogP contribution in [0.5, 0.6) is 5.75 Å². The predicted molar refractivity (Wildman–Crippen MR) is 46.6 cm³/mol. The monoisotopic (exact) mass is 255 g/mol. The van der Waals surface area contributed by atoms with Crippen LogP contribution in [-0.4, -0.2) is 12.3 Å². The lowest BCUT2D eigenvalue weighted by molar-refractivity contribution is -0.274. The Morgan fingerprint density at radius 3 is 2.29 bits per heavy atom. The van der Waals surface area contributed by atoms with E-state index < -0.39 is 35.6 Å². The van der Waals surface area contributed by atoms with Crippen molar-refractivity contribution < 1.29 is 31.5 Å². The van der Waals surface area contributed by atoms with Crippen LogP contribution in [0.1, 0.15) is 22.3 Å². The van der Waals surface area contributed by atoms with Crippen LogP contribution in [0.3, 0.4) is 0 Å². The van der Waals surface area contributed by atoms with Crippen molar-refractivity contribution >= 4 is 5.91 Å². The van der Waals surface area contributed by atoms with Crippen LogP contribution in [0.15, 0.2) is 18.2 Å². The first-order valence-electron chi connectivity index (χ1n) is 4.18. The molecular formula is C9H6F5NO2. The first-order valence-corrected chi connectivity index (χ1v) is 4.18. The molecule has 0 unspecified atom stereocenters. The molecule has 0 heterocycles. The van der Waals surface area contributed by atoms with Crippen molar-refractivity contribution in [1.82, 2.24) is 0 Å². The molecule has 0 atom stereocenters. The zero-order chi connectivity index (χ0) is 13.2. The number of amides is 1. The van der Waals surface area contributed by atoms with E-state index in [0.717, 1.165) is 12.1 Å². The number of rotatable bonds is 3. The van der Waals surface area contributed by atoms with Crippen molar-refractivity contribution in [3.63, 3.8) is 0 Å². The van der Waals surface area contributed by atoms with E-state index in [1.54, 1.807) is 0 Å². The standard InChI is InChI=1S/C9H6F5NO2/c10-7(11)6-3-4(17-9(12,13)14)1-2-5(6)8(15)16/h1-3,7H,(H2,15,16). The largest absolute Gasteiger partial charge is 0.573 e. The lowest BCUT2D eigenvalue weighted by Crippen LogP contribution is -2.18. The minimum Gasteiger partial charge on any atom is -0.406 e. The summed E-state index contributed by atoms with van der Waals surface area (Å²) in [5, 5.41) is 0. The molecule has 0 aromatic heterocycles. The number of nitrogens with two attached hydrogens (primary N) is 1. The van der Waals surface area contributed by atoms with Gasteiger partial charge in [-0.2, -0.15) is 0 Å². The van der Waals surface area contributed by atoms with Crippen molar-refractivity contribution in [2.75, 3.05) is 0 Å². The third-order valence-corrected chi connectivity index (χ3v) is 1.76. The van der Waals surface area contributed by atoms with Gasteiger partial charge in [0.2, 0.25) is 5.91 Å². The first kappa shape index (κ1) is 13.2. The van der Waals surface area contributed by atoms with Crippen LogP contribution >= 0.6 is 0 Å². The molecule has 0 radical (unpaired) electrons. The van der Waals surface area contributed by atoms with Crippen molar-refractivity contribution in [1.29, 1.82) is 0 Å². The van der Waals surface area contributed by atoms with Gasteiger partial charge in [0, 0.05) is 11.1 Å². The van der Waals surface area contributed by atoms with E-state index in [9.17, 15) is 26.7 Å². The summed E-state index contributed by atoms with van der Waals surface area (Å²) >= 11 is 0. The molecule has 1 aromatic carbocycles. The highest BCUT2D eigenvalue weighted by Gasteiger charge is 2.31. The maximum atomic E-state index is 12.5. The highest BCUT2D eigenvalue weighted by Crippen LogP contribution is 2.29. The second-order valence-corrected chi connectivity index (χ2v) is 2.96. The van der Waals surface area contributed by atoms with Crippen LogP contribution in [0.2, 0.25) is 0 Å². The molecule has 0 aliphatic heterocycles. The fourth-order valence-electron chi connectivity index (χ4n) is 1.14. The number of ether oxygens (including phenoxy) is 1. The summed E-state index contributed by atoms with van der Waals surface area (Å²) < 4.78 is 63.8. The SMILES string of the molecule is NC(=O)c1ccc(OC(F)(F)F)cc1C(F)F. The number of hydrogen-bond acceptors (Lipinski definition) is 2. The molecular weight excluding hydrogens is 249 g/mol. The van der Waals surface area contributed by atoms with Crippen molar-refractivity contribution in [3.05, 3.63) is 29.3 Å². The Hall–Kier alpha value is -1.86. The number of primary amides is 1. The molecule has 1 aromatic rings. The van der Waals surface area contributed by atoms with E-state index in [0.29, 0.717) is 6.07 Å². The summed E-state index contributed by atoms with van der Waals surface area (Å²) in [6.07, 6.45) is -8.12. The Bertz CT molecular complexity index is 430. The lowest BCUT2D eigenvalue weighted by Gasteiger charge is -2.11. The summed E-state index contributed by atoms with van der Waals surface area (Å²) in [4.78, 5) is 10.7. The van der Waals surface area contributed by atoms with Gasteiger partial charge in [-0.3, -0.25) is 4.79 Å². The van der Waals surface area contributed by atoms with Gasteiger partial charge in [-0.25, -0.2) is 8.78 Å². The van der Waals surface area contributed by atoms with Crippen molar-refractivity contribution in [2.45, 2.75) is 12.8 Å². The number of benzene rings is 1. The third-order valence-electron chi connectivity index (χ3n) is 1.76. The average molecular weight is 255 g/mol. The molecule has 0 aliphatic rings. The van der Waals surface area contributed by atoms with Gasteiger partial charge in [0.05, 0.1) is 0 Å². The zero-order valence-corrected chi connectivity index (χ0v) is 8.09. The fourth-order valence-corrected chi connectivity index (χ4v) is 1.14. The van der Waals surface area contributed by atoms with Gasteiger partial charge in [0.15, 0.2) is 0 Å². The number of halogens is 5. The van der Waals surface area contributed by atoms with Crippen LogP contribution in [0.25, 0.3) is 0 Å². The molecule has 0 saturated heterocycles. The molecule has 8 heteroatoms. The van der Waals surface area contributed by atoms with Crippen molar-refractivity contribution in [3.8, 4) is 5.75 Å². The van der Waals surface area contributed by atoms with Crippen LogP contribution in [-0.2, 0) is 0 Å². The molecule has 0 aliphatic carbocycles. The van der Waals surface area contributed by atoms with E-state index in [1.807, 2.05) is 0 Å². The number of hydrogen-bond donors (Lipinski definition) is 1. The second kappa shape index (κ2) is 4.56. The van der Waals surface area contributed by atoms with Crippen LogP contribution in [0, 0.1) is 0 Å². The molecule has 1 rings (SSSR count). The van der Waals surface area contributed by atoms with Crippen LogP contribution in [0.4, 0.5) is 22.0 Å². The van der Waals surface area contributed by atoms with E-state index >= 15 is 0 Å². The van der Waals surface area contributed by atoms with Gasteiger partial charge in [-0.05, 0) is 18.2 Å². The summed E-state index contributed by atoms with van der Waals surface area (Å²) in [6, 6.07) is 1.92. The Morgan fingerprint density at radius 1 is 1.29 bits per heavy atom. The normalized spacial score (nSPS) is 11.6. The molecule has 0 bridgehead atoms. The molecule has 0 fully saturated rings. The molecule has 0 spiro atoms. The van der Waals surface area contributed by atoms with E-state index in [2.05, 4.69) is 4.74 Å². The lowest BCUT2D eigenvalue weighted by atomic mass is 10.1. The minimum absolute atomic E-state index is 0.429. The van der Waals surface area contributed by atoms with E-state index in [-0.39, 0.29) is 0 Å². The summed E-state index contributed by atoms with van der Waals surface area (Å²) in [5.41, 5.74) is 3.34. The Labute approximate surface area is 92.0 Å². The first-order chi connectivity index (χ1) is 7.70. The minimum atomic E-state index is -4.99. The number of carbonyl (C=O) groups is 1. The molecule has 3 nitrogen and oxygen atoms in total. The Balaban J connectivity index is 3.15. The smallest absolute Gasteiger partial charge is 0.406 e. The maximum absolute atomic E-state index is 12.5.